The van der Waals surface area contributed by atoms with E-state index in [0.717, 1.165) is 61.8 Å². The third-order valence-corrected chi connectivity index (χ3v) is 8.67. The Kier molecular flexibility index (Phi) is 9.60. The number of carbonyl (C=O) groups excluding carboxylic acids is 1. The number of methoxy groups -OCH3 is 1. The molecule has 4 N–H and O–H groups in total. The predicted octanol–water partition coefficient (Wildman–Crippen LogP) is 4.31. The van der Waals surface area contributed by atoms with Crippen LogP contribution in [0.4, 0.5) is 0 Å². The molecule has 2 aliphatic rings. The Balaban J connectivity index is 1.65. The normalized spacial score (nSPS) is 27.7. The van der Waals surface area contributed by atoms with Gasteiger partial charge in [0, 0.05) is 44.2 Å². The zero-order valence-corrected chi connectivity index (χ0v) is 22.9. The van der Waals surface area contributed by atoms with Crippen LogP contribution in [-0.4, -0.2) is 65.9 Å². The second-order valence-corrected chi connectivity index (χ2v) is 11.2. The van der Waals surface area contributed by atoms with Crippen LogP contribution in [0, 0.1) is 12.8 Å². The minimum atomic E-state index is -1.14. The summed E-state index contributed by atoms with van der Waals surface area (Å²) >= 11 is 0. The SMILES string of the molecule is COCCCCC[C@@](O)(c1ccccc1Oc1ccccc1C)[C@@H]1CCCN([C@@]2(C=O)C[C@@H](N)[C@@H](O)C2)C1. The van der Waals surface area contributed by atoms with E-state index in [1.54, 1.807) is 7.11 Å². The lowest BCUT2D eigenvalue weighted by Gasteiger charge is -2.47. The van der Waals surface area contributed by atoms with Crippen molar-refractivity contribution < 1.29 is 24.5 Å². The summed E-state index contributed by atoms with van der Waals surface area (Å²) in [6.45, 7) is 4.02. The first-order chi connectivity index (χ1) is 18.3. The summed E-state index contributed by atoms with van der Waals surface area (Å²) in [6, 6.07) is 15.3. The van der Waals surface area contributed by atoms with Crippen LogP contribution in [-0.2, 0) is 15.1 Å². The number of carbonyl (C=O) groups is 1. The molecule has 0 spiro atoms. The number of hydrogen-bond donors (Lipinski definition) is 3. The number of aliphatic hydroxyl groups is 2. The number of aryl methyl sites for hydroxylation is 1. The number of rotatable bonds is 12. The Morgan fingerprint density at radius 1 is 1.11 bits per heavy atom. The summed E-state index contributed by atoms with van der Waals surface area (Å²) in [4.78, 5) is 14.6. The van der Waals surface area contributed by atoms with Crippen molar-refractivity contribution in [3.63, 3.8) is 0 Å². The van der Waals surface area contributed by atoms with E-state index in [-0.39, 0.29) is 5.92 Å². The topological polar surface area (TPSA) is 105 Å². The lowest BCUT2D eigenvalue weighted by Crippen LogP contribution is -2.56. The van der Waals surface area contributed by atoms with Gasteiger partial charge >= 0.3 is 0 Å². The average Bonchev–Trinajstić information content (AvgIpc) is 3.24. The summed E-state index contributed by atoms with van der Waals surface area (Å²) in [5, 5.41) is 23.0. The smallest absolute Gasteiger partial charge is 0.140 e. The number of unbranched alkanes of at least 4 members (excludes halogenated alkanes) is 2. The van der Waals surface area contributed by atoms with Gasteiger partial charge in [0.1, 0.15) is 17.8 Å². The van der Waals surface area contributed by atoms with E-state index in [2.05, 4.69) is 4.90 Å². The highest BCUT2D eigenvalue weighted by atomic mass is 16.5. The molecule has 2 aromatic rings. The first-order valence-corrected chi connectivity index (χ1v) is 14.0. The maximum Gasteiger partial charge on any atom is 0.140 e. The van der Waals surface area contributed by atoms with Gasteiger partial charge in [0.05, 0.1) is 17.2 Å². The van der Waals surface area contributed by atoms with E-state index >= 15 is 0 Å². The van der Waals surface area contributed by atoms with Crippen LogP contribution in [0.5, 0.6) is 11.5 Å². The van der Waals surface area contributed by atoms with Crippen LogP contribution in [0.15, 0.2) is 48.5 Å². The van der Waals surface area contributed by atoms with Gasteiger partial charge in [0.15, 0.2) is 0 Å². The van der Waals surface area contributed by atoms with E-state index in [9.17, 15) is 15.0 Å². The van der Waals surface area contributed by atoms with Crippen molar-refractivity contribution in [1.29, 1.82) is 0 Å². The minimum Gasteiger partial charge on any atom is -0.457 e. The molecule has 2 fully saturated rings. The van der Waals surface area contributed by atoms with Crippen molar-refractivity contribution in [2.45, 2.75) is 81.6 Å². The number of aliphatic hydroxyl groups excluding tert-OH is 1. The number of hydrogen-bond acceptors (Lipinski definition) is 7. The molecule has 1 heterocycles. The predicted molar refractivity (Wildman–Crippen MR) is 148 cm³/mol. The molecule has 4 rings (SSSR count). The third kappa shape index (κ3) is 6.13. The van der Waals surface area contributed by atoms with Gasteiger partial charge < -0.3 is 30.2 Å². The number of piperidine rings is 1. The standard InChI is InChI=1S/C31H44N2O5/c1-23-11-4-6-14-28(23)38-29-15-7-5-13-25(29)31(36,16-8-3-9-18-37-2)24-12-10-17-33(21-24)30(22-34)19-26(32)27(35)20-30/h4-7,11,13-15,22,24,26-27,35-36H,3,8-10,12,16-21,32H2,1-2H3/t24-,26-,27+,30+,31+/m1/s1. The van der Waals surface area contributed by atoms with Crippen molar-refractivity contribution in [2.75, 3.05) is 26.8 Å². The molecular formula is C31H44N2O5. The van der Waals surface area contributed by atoms with Crippen molar-refractivity contribution in [1.82, 2.24) is 4.90 Å². The maximum atomic E-state index is 12.6. The van der Waals surface area contributed by atoms with Gasteiger partial charge in [0.25, 0.3) is 0 Å². The quantitative estimate of drug-likeness (QED) is 0.281. The molecule has 1 aliphatic carbocycles. The van der Waals surface area contributed by atoms with Gasteiger partial charge in [-0.1, -0.05) is 49.2 Å². The van der Waals surface area contributed by atoms with Gasteiger partial charge in [-0.05, 0) is 63.3 Å². The monoisotopic (exact) mass is 524 g/mol. The van der Waals surface area contributed by atoms with Crippen LogP contribution in [0.1, 0.15) is 62.5 Å². The molecular weight excluding hydrogens is 480 g/mol. The Labute approximate surface area is 226 Å². The first-order valence-electron chi connectivity index (χ1n) is 14.0. The second kappa shape index (κ2) is 12.7. The largest absolute Gasteiger partial charge is 0.457 e. The van der Waals surface area contributed by atoms with Gasteiger partial charge in [-0.25, -0.2) is 0 Å². The molecule has 7 nitrogen and oxygen atoms in total. The molecule has 1 aliphatic heterocycles. The van der Waals surface area contributed by atoms with Crippen molar-refractivity contribution in [3.05, 3.63) is 59.7 Å². The van der Waals surface area contributed by atoms with Gasteiger partial charge in [-0.2, -0.15) is 0 Å². The summed E-state index contributed by atoms with van der Waals surface area (Å²) < 4.78 is 11.6. The Morgan fingerprint density at radius 2 is 1.84 bits per heavy atom. The van der Waals surface area contributed by atoms with Crippen LogP contribution in [0.2, 0.25) is 0 Å². The number of nitrogens with two attached hydrogens (primary N) is 1. The van der Waals surface area contributed by atoms with Gasteiger partial charge in [0.2, 0.25) is 0 Å². The highest BCUT2D eigenvalue weighted by molar-refractivity contribution is 5.65. The second-order valence-electron chi connectivity index (χ2n) is 11.2. The number of ether oxygens (including phenoxy) is 2. The van der Waals surface area contributed by atoms with Crippen LogP contribution >= 0.6 is 0 Å². The van der Waals surface area contributed by atoms with Crippen LogP contribution < -0.4 is 10.5 Å². The van der Waals surface area contributed by atoms with Crippen LogP contribution in [0.3, 0.4) is 0 Å². The summed E-state index contributed by atoms with van der Waals surface area (Å²) in [5.74, 6) is 1.31. The zero-order valence-electron chi connectivity index (χ0n) is 22.9. The molecule has 2 aromatic carbocycles. The number of aldehydes is 1. The fraction of sp³-hybridized carbons (Fsp3) is 0.581. The molecule has 7 heteroatoms. The summed E-state index contributed by atoms with van der Waals surface area (Å²) in [7, 11) is 1.71. The Morgan fingerprint density at radius 3 is 2.53 bits per heavy atom. The lowest BCUT2D eigenvalue weighted by molar-refractivity contribution is -0.125. The molecule has 0 radical (unpaired) electrons. The Bertz CT molecular complexity index is 1050. The fourth-order valence-electron chi connectivity index (χ4n) is 6.42. The molecule has 1 saturated heterocycles. The third-order valence-electron chi connectivity index (χ3n) is 8.67. The highest BCUT2D eigenvalue weighted by Crippen LogP contribution is 2.46. The number of benzene rings is 2. The highest BCUT2D eigenvalue weighted by Gasteiger charge is 2.51. The number of nitrogens with zero attached hydrogens (tertiary/aromatic N) is 1. The number of likely N-dealkylation sites (tertiary alicyclic amines) is 1. The molecule has 0 amide bonds. The summed E-state index contributed by atoms with van der Waals surface area (Å²) in [5.41, 5.74) is 6.03. The molecule has 208 valence electrons. The molecule has 5 atom stereocenters. The molecule has 1 saturated carbocycles. The van der Waals surface area contributed by atoms with Crippen molar-refractivity contribution in [3.8, 4) is 11.5 Å². The Hall–Kier alpha value is -2.29. The zero-order chi connectivity index (χ0) is 27.2. The molecule has 0 aromatic heterocycles. The lowest BCUT2D eigenvalue weighted by atomic mass is 9.73. The average molecular weight is 525 g/mol. The summed E-state index contributed by atoms with van der Waals surface area (Å²) in [6.07, 6.45) is 6.08. The first kappa shape index (κ1) is 28.7. The maximum absolute atomic E-state index is 12.6. The van der Waals surface area contributed by atoms with E-state index < -0.39 is 23.3 Å². The van der Waals surface area contributed by atoms with E-state index in [1.807, 2.05) is 55.5 Å². The van der Waals surface area contributed by atoms with E-state index in [1.165, 1.54) is 0 Å². The minimum absolute atomic E-state index is 0.105. The fourth-order valence-corrected chi connectivity index (χ4v) is 6.42. The van der Waals surface area contributed by atoms with Gasteiger partial charge in [-0.15, -0.1) is 0 Å². The van der Waals surface area contributed by atoms with E-state index in [0.29, 0.717) is 38.2 Å². The molecule has 0 unspecified atom stereocenters. The molecule has 0 bridgehead atoms. The van der Waals surface area contributed by atoms with Gasteiger partial charge in [-0.3, -0.25) is 4.90 Å². The van der Waals surface area contributed by atoms with Crippen molar-refractivity contribution >= 4 is 6.29 Å². The number of para-hydroxylation sites is 2. The van der Waals surface area contributed by atoms with Crippen molar-refractivity contribution in [2.24, 2.45) is 11.7 Å². The van der Waals surface area contributed by atoms with E-state index in [4.69, 9.17) is 15.2 Å². The van der Waals surface area contributed by atoms with Crippen LogP contribution in [0.25, 0.3) is 0 Å². The molecule has 38 heavy (non-hydrogen) atoms.